The van der Waals surface area contributed by atoms with Gasteiger partial charge in [0.05, 0.1) is 0 Å². The molecule has 1 aliphatic heterocycles. The molecule has 3 rings (SSSR count). The highest BCUT2D eigenvalue weighted by Gasteiger charge is 2.34. The first-order valence-corrected chi connectivity index (χ1v) is 9.01. The molecule has 6 nitrogen and oxygen atoms in total. The lowest BCUT2D eigenvalue weighted by molar-refractivity contribution is -0.139. The van der Waals surface area contributed by atoms with Crippen LogP contribution >= 0.6 is 0 Å². The summed E-state index contributed by atoms with van der Waals surface area (Å²) in [6.45, 7) is 2.01. The molecular weight excluding hydrogens is 359 g/mol. The fraction of sp³-hybridized carbons (Fsp3) is 0.286. The number of benzene rings is 1. The van der Waals surface area contributed by atoms with E-state index in [1.165, 1.54) is 6.07 Å². The Morgan fingerprint density at radius 3 is 2.68 bits per heavy atom. The van der Waals surface area contributed by atoms with Gasteiger partial charge in [-0.05, 0) is 50.1 Å². The average molecular weight is 380 g/mol. The van der Waals surface area contributed by atoms with Crippen LogP contribution in [0.4, 0.5) is 9.18 Å². The number of carbonyl (C=O) groups excluding carboxylic acids is 2. The number of rotatable bonds is 3. The number of amides is 3. The molecule has 1 saturated heterocycles. The van der Waals surface area contributed by atoms with Gasteiger partial charge in [-0.25, -0.2) is 9.18 Å². The van der Waals surface area contributed by atoms with Gasteiger partial charge < -0.3 is 16.0 Å². The normalized spacial score (nSPS) is 18.9. The second-order valence-corrected chi connectivity index (χ2v) is 6.75. The number of nitrogens with one attached hydrogen (secondary N) is 1. The molecule has 3 amide bonds. The van der Waals surface area contributed by atoms with E-state index < -0.39 is 17.9 Å². The third-order valence-electron chi connectivity index (χ3n) is 4.72. The number of piperidine rings is 1. The Morgan fingerprint density at radius 2 is 1.96 bits per heavy atom. The Balaban J connectivity index is 1.80. The molecule has 0 radical (unpaired) electrons. The molecule has 144 valence electrons. The van der Waals surface area contributed by atoms with Crippen molar-refractivity contribution >= 4 is 11.9 Å². The number of aromatic nitrogens is 1. The quantitative estimate of drug-likeness (QED) is 0.800. The molecule has 0 spiro atoms. The van der Waals surface area contributed by atoms with Crippen LogP contribution in [0, 0.1) is 17.7 Å². The van der Waals surface area contributed by atoms with E-state index in [4.69, 9.17) is 5.73 Å². The Morgan fingerprint density at radius 1 is 1.25 bits per heavy atom. The van der Waals surface area contributed by atoms with E-state index in [9.17, 15) is 14.0 Å². The molecule has 1 aromatic carbocycles. The molecule has 0 unspecified atom stereocenters. The number of carbonyl (C=O) groups is 2. The summed E-state index contributed by atoms with van der Waals surface area (Å²) >= 11 is 0. The van der Waals surface area contributed by atoms with Crippen molar-refractivity contribution in [2.75, 3.05) is 0 Å². The van der Waals surface area contributed by atoms with Gasteiger partial charge in [0.1, 0.15) is 11.9 Å². The van der Waals surface area contributed by atoms with Crippen LogP contribution in [0.2, 0.25) is 0 Å². The zero-order chi connectivity index (χ0) is 20.1. The van der Waals surface area contributed by atoms with Crippen LogP contribution in [0.5, 0.6) is 0 Å². The summed E-state index contributed by atoms with van der Waals surface area (Å²) < 4.78 is 14.4. The van der Waals surface area contributed by atoms with Crippen molar-refractivity contribution in [3.05, 3.63) is 65.2 Å². The van der Waals surface area contributed by atoms with Crippen LogP contribution in [0.15, 0.2) is 42.7 Å². The van der Waals surface area contributed by atoms with E-state index in [0.717, 1.165) is 5.56 Å². The van der Waals surface area contributed by atoms with E-state index in [0.29, 0.717) is 24.0 Å². The highest BCUT2D eigenvalue weighted by Crippen LogP contribution is 2.22. The molecule has 2 atom stereocenters. The highest BCUT2D eigenvalue weighted by atomic mass is 19.1. The Hall–Kier alpha value is -3.40. The van der Waals surface area contributed by atoms with Crippen molar-refractivity contribution in [3.63, 3.8) is 0 Å². The summed E-state index contributed by atoms with van der Waals surface area (Å²) in [7, 11) is 0. The van der Waals surface area contributed by atoms with Gasteiger partial charge in [0.2, 0.25) is 5.91 Å². The molecule has 2 aromatic rings. The third kappa shape index (κ3) is 4.65. The van der Waals surface area contributed by atoms with Crippen molar-refractivity contribution in [2.24, 2.45) is 5.73 Å². The van der Waals surface area contributed by atoms with Gasteiger partial charge in [-0.3, -0.25) is 9.78 Å². The number of hydrogen-bond donors (Lipinski definition) is 2. The van der Waals surface area contributed by atoms with E-state index in [2.05, 4.69) is 22.1 Å². The molecular formula is C21H21FN4O2. The molecule has 0 aliphatic carbocycles. The molecule has 1 aromatic heterocycles. The van der Waals surface area contributed by atoms with Crippen molar-refractivity contribution in [1.29, 1.82) is 0 Å². The molecule has 1 fully saturated rings. The fourth-order valence-corrected chi connectivity index (χ4v) is 3.18. The lowest BCUT2D eigenvalue weighted by Crippen LogP contribution is -2.55. The maximum absolute atomic E-state index is 14.4. The number of hydrogen-bond acceptors (Lipinski definition) is 3. The molecule has 0 saturated carbocycles. The number of likely N-dealkylation sites (tertiary alicyclic amines) is 1. The second kappa shape index (κ2) is 8.53. The van der Waals surface area contributed by atoms with Crippen molar-refractivity contribution in [3.8, 4) is 11.8 Å². The number of halogens is 1. The first kappa shape index (κ1) is 19.4. The van der Waals surface area contributed by atoms with Gasteiger partial charge in [0, 0.05) is 41.7 Å². The first-order valence-electron chi connectivity index (χ1n) is 9.01. The number of nitrogens with two attached hydrogens (primary N) is 1. The number of pyridine rings is 1. The minimum atomic E-state index is -0.743. The van der Waals surface area contributed by atoms with E-state index in [1.807, 2.05) is 6.92 Å². The summed E-state index contributed by atoms with van der Waals surface area (Å²) in [5.41, 5.74) is 6.98. The van der Waals surface area contributed by atoms with Crippen LogP contribution in [0.1, 0.15) is 36.5 Å². The van der Waals surface area contributed by atoms with Gasteiger partial charge >= 0.3 is 6.03 Å². The summed E-state index contributed by atoms with van der Waals surface area (Å²) in [4.78, 5) is 29.3. The molecule has 1 aliphatic rings. The van der Waals surface area contributed by atoms with Gasteiger partial charge in [-0.1, -0.05) is 11.8 Å². The van der Waals surface area contributed by atoms with Crippen LogP contribution in [-0.4, -0.2) is 33.9 Å². The smallest absolute Gasteiger partial charge is 0.312 e. The lowest BCUT2D eigenvalue weighted by Gasteiger charge is -2.37. The predicted octanol–water partition coefficient (Wildman–Crippen LogP) is 2.17. The Kier molecular flexibility index (Phi) is 5.90. The largest absolute Gasteiger partial charge is 0.352 e. The molecule has 2 heterocycles. The van der Waals surface area contributed by atoms with Gasteiger partial charge in [-0.15, -0.1) is 0 Å². The van der Waals surface area contributed by atoms with E-state index in [-0.39, 0.29) is 18.5 Å². The SMILES string of the molecule is C[C@@H]1CC[C@@H](NC(N)=O)C(=O)N1Cc1cc(C#Cc2ccncc2)ccc1F. The first-order chi connectivity index (χ1) is 13.4. The standard InChI is InChI=1S/C21H21FN4O2/c1-14-2-7-19(25-21(23)28)20(27)26(14)13-17-12-16(5-6-18(17)22)4-3-15-8-10-24-11-9-15/h5-6,8-12,14,19H,2,7,13H2,1H3,(H3,23,25,28)/t14-,19-/m1/s1. The van der Waals surface area contributed by atoms with Gasteiger partial charge in [0.25, 0.3) is 0 Å². The molecule has 28 heavy (non-hydrogen) atoms. The lowest BCUT2D eigenvalue weighted by atomic mass is 9.97. The highest BCUT2D eigenvalue weighted by molar-refractivity contribution is 5.87. The van der Waals surface area contributed by atoms with Crippen LogP contribution in [-0.2, 0) is 11.3 Å². The van der Waals surface area contributed by atoms with Gasteiger partial charge in [0.15, 0.2) is 0 Å². The van der Waals surface area contributed by atoms with E-state index >= 15 is 0 Å². The number of nitrogens with zero attached hydrogens (tertiary/aromatic N) is 2. The monoisotopic (exact) mass is 380 g/mol. The van der Waals surface area contributed by atoms with Crippen LogP contribution in [0.3, 0.4) is 0 Å². The summed E-state index contributed by atoms with van der Waals surface area (Å²) in [5, 5.41) is 2.46. The minimum absolute atomic E-state index is 0.0654. The number of urea groups is 1. The minimum Gasteiger partial charge on any atom is -0.352 e. The molecule has 7 heteroatoms. The molecule has 3 N–H and O–H groups in total. The Bertz CT molecular complexity index is 936. The van der Waals surface area contributed by atoms with Crippen LogP contribution in [0.25, 0.3) is 0 Å². The van der Waals surface area contributed by atoms with E-state index in [1.54, 1.807) is 41.6 Å². The molecule has 0 bridgehead atoms. The topological polar surface area (TPSA) is 88.3 Å². The summed E-state index contributed by atoms with van der Waals surface area (Å²) in [6, 6.07) is 6.70. The zero-order valence-electron chi connectivity index (χ0n) is 15.5. The van der Waals surface area contributed by atoms with Gasteiger partial charge in [-0.2, -0.15) is 0 Å². The second-order valence-electron chi connectivity index (χ2n) is 6.75. The average Bonchev–Trinajstić information content (AvgIpc) is 2.68. The fourth-order valence-electron chi connectivity index (χ4n) is 3.18. The van der Waals surface area contributed by atoms with Crippen molar-refractivity contribution in [2.45, 2.75) is 38.4 Å². The zero-order valence-corrected chi connectivity index (χ0v) is 15.5. The van der Waals surface area contributed by atoms with Crippen molar-refractivity contribution in [1.82, 2.24) is 15.2 Å². The maximum atomic E-state index is 14.4. The summed E-state index contributed by atoms with van der Waals surface area (Å²) in [6.07, 6.45) is 4.51. The van der Waals surface area contributed by atoms with Crippen molar-refractivity contribution < 1.29 is 14.0 Å². The van der Waals surface area contributed by atoms with Crippen LogP contribution < -0.4 is 11.1 Å². The third-order valence-corrected chi connectivity index (χ3v) is 4.72. The summed E-state index contributed by atoms with van der Waals surface area (Å²) in [5.74, 6) is 5.34. The predicted molar refractivity (Wildman–Crippen MR) is 102 cm³/mol. The number of primary amides is 1. The Labute approximate surface area is 162 Å². The maximum Gasteiger partial charge on any atom is 0.312 e.